The van der Waals surface area contributed by atoms with Crippen molar-refractivity contribution in [1.29, 1.82) is 0 Å². The average Bonchev–Trinajstić information content (AvgIpc) is 3.22. The number of para-hydroxylation sites is 1. The van der Waals surface area contributed by atoms with E-state index in [0.717, 1.165) is 12.2 Å². The minimum Gasteiger partial charge on any atom is -0.494 e. The molecule has 1 N–H and O–H groups in total. The molecule has 0 spiro atoms. The normalized spacial score (nSPS) is 21.0. The van der Waals surface area contributed by atoms with Crippen LogP contribution in [0.1, 0.15) is 47.0 Å². The third-order valence-corrected chi connectivity index (χ3v) is 7.71. The molecule has 0 saturated carbocycles. The van der Waals surface area contributed by atoms with Crippen LogP contribution in [0.25, 0.3) is 0 Å². The van der Waals surface area contributed by atoms with Gasteiger partial charge in [0.1, 0.15) is 24.6 Å². The van der Waals surface area contributed by atoms with E-state index in [4.69, 9.17) is 28.1 Å². The van der Waals surface area contributed by atoms with Crippen molar-refractivity contribution in [3.8, 4) is 5.75 Å². The number of aliphatic hydroxyl groups is 1. The predicted octanol–water partition coefficient (Wildman–Crippen LogP) is 4.76. The lowest BCUT2D eigenvalue weighted by Crippen LogP contribution is -2.50. The topological polar surface area (TPSA) is 127 Å². The van der Waals surface area contributed by atoms with E-state index in [1.54, 1.807) is 19.9 Å². The largest absolute Gasteiger partial charge is 0.494 e. The zero-order chi connectivity index (χ0) is 32.3. The van der Waals surface area contributed by atoms with Crippen LogP contribution in [0, 0.1) is 5.92 Å². The Hall–Kier alpha value is -2.83. The molecule has 0 aromatic heterocycles. The lowest BCUT2D eigenvalue weighted by molar-refractivity contribution is -0.246. The maximum atomic E-state index is 13.2. The molecule has 2 rings (SSSR count). The second-order valence-electron chi connectivity index (χ2n) is 12.0. The molecule has 0 bridgehead atoms. The maximum Gasteiger partial charge on any atom is 0.303 e. The molecule has 240 valence electrons. The van der Waals surface area contributed by atoms with Crippen LogP contribution in [0.5, 0.6) is 5.75 Å². The molecule has 10 nitrogen and oxygen atoms in total. The van der Waals surface area contributed by atoms with Gasteiger partial charge < -0.3 is 33.2 Å². The van der Waals surface area contributed by atoms with Crippen molar-refractivity contribution in [2.45, 2.75) is 96.3 Å². The number of ether oxygens (including phenoxy) is 5. The number of hydrogen-bond acceptors (Lipinski definition) is 10. The number of carbonyl (C=O) groups is 3. The van der Waals surface area contributed by atoms with Gasteiger partial charge in [-0.3, -0.25) is 14.4 Å². The van der Waals surface area contributed by atoms with Crippen molar-refractivity contribution in [2.75, 3.05) is 20.3 Å². The summed E-state index contributed by atoms with van der Waals surface area (Å²) in [7, 11) is -0.739. The number of allylic oxidation sites excluding steroid dienone is 1. The van der Waals surface area contributed by atoms with E-state index < -0.39 is 55.9 Å². The van der Waals surface area contributed by atoms with Gasteiger partial charge in [0, 0.05) is 21.0 Å². The fraction of sp³-hybridized carbons (Fsp3) is 0.594. The molecule has 0 amide bonds. The second-order valence-corrected chi connectivity index (χ2v) is 16.4. The summed E-state index contributed by atoms with van der Waals surface area (Å²) in [5.74, 6) is -2.63. The highest BCUT2D eigenvalue weighted by Gasteiger charge is 2.50. The van der Waals surface area contributed by atoms with E-state index in [0.29, 0.717) is 19.4 Å². The van der Waals surface area contributed by atoms with Crippen LogP contribution in [-0.4, -0.2) is 81.2 Å². The fourth-order valence-corrected chi connectivity index (χ4v) is 6.31. The van der Waals surface area contributed by atoms with Gasteiger partial charge in [-0.1, -0.05) is 24.3 Å². The molecule has 1 aromatic carbocycles. The van der Waals surface area contributed by atoms with Gasteiger partial charge in [-0.2, -0.15) is 0 Å². The van der Waals surface area contributed by atoms with Gasteiger partial charge in [-0.05, 0) is 83.1 Å². The van der Waals surface area contributed by atoms with Gasteiger partial charge >= 0.3 is 11.9 Å². The molecule has 1 aliphatic carbocycles. The first kappa shape index (κ1) is 36.4. The third-order valence-electron chi connectivity index (χ3n) is 6.72. The van der Waals surface area contributed by atoms with Gasteiger partial charge in [0.05, 0.1) is 24.2 Å². The van der Waals surface area contributed by atoms with E-state index in [1.807, 2.05) is 50.0 Å². The Balaban J connectivity index is 2.28. The van der Waals surface area contributed by atoms with Crippen molar-refractivity contribution in [3.63, 3.8) is 0 Å². The number of esters is 2. The smallest absolute Gasteiger partial charge is 0.303 e. The van der Waals surface area contributed by atoms with Crippen LogP contribution >= 0.6 is 0 Å². The first-order valence-electron chi connectivity index (χ1n) is 14.6. The zero-order valence-electron chi connectivity index (χ0n) is 26.7. The summed E-state index contributed by atoms with van der Waals surface area (Å²) in [6.07, 6.45) is 4.73. The number of rotatable bonds is 18. The minimum absolute atomic E-state index is 0.238. The van der Waals surface area contributed by atoms with E-state index >= 15 is 0 Å². The van der Waals surface area contributed by atoms with E-state index in [9.17, 15) is 19.5 Å². The Morgan fingerprint density at radius 3 is 2.33 bits per heavy atom. The van der Waals surface area contributed by atoms with Crippen molar-refractivity contribution < 1.29 is 47.6 Å². The van der Waals surface area contributed by atoms with E-state index in [2.05, 4.69) is 0 Å². The molecule has 0 aliphatic heterocycles. The predicted molar refractivity (Wildman–Crippen MR) is 164 cm³/mol. The van der Waals surface area contributed by atoms with Crippen LogP contribution < -0.4 is 4.74 Å². The van der Waals surface area contributed by atoms with Crippen LogP contribution in [0.15, 0.2) is 54.6 Å². The first-order valence-corrected chi connectivity index (χ1v) is 18.0. The molecular formula is C32H48O10Si. The van der Waals surface area contributed by atoms with Gasteiger partial charge in [-0.15, -0.1) is 0 Å². The van der Waals surface area contributed by atoms with Crippen LogP contribution in [0.2, 0.25) is 19.6 Å². The molecule has 43 heavy (non-hydrogen) atoms. The Morgan fingerprint density at radius 1 is 1.07 bits per heavy atom. The number of ketones is 1. The van der Waals surface area contributed by atoms with Gasteiger partial charge in [0.25, 0.3) is 0 Å². The lowest BCUT2D eigenvalue weighted by atomic mass is 9.81. The van der Waals surface area contributed by atoms with Crippen LogP contribution in [0.4, 0.5) is 0 Å². The quantitative estimate of drug-likeness (QED) is 0.0807. The number of hydrogen-bond donors (Lipinski definition) is 1. The standard InChI is InChI=1S/C32H48O10Si/c1-23(33)39-22-29(41-31(3,4)37-5)28(40-24(2)34)17-16-26(35)30-27(36)18-20-32(30,42-43(6,7)8)19-12-13-21-38-25-14-10-9-11-15-25/h9-11,14-18,20,26,28-30,35H,12-13,19,21-22H2,1-8H3/b17-16+/t26?,28-,29+,30?,32?/m0/s1. The Bertz CT molecular complexity index is 1110. The molecule has 1 aliphatic rings. The molecule has 0 fully saturated rings. The number of benzene rings is 1. The molecule has 0 radical (unpaired) electrons. The van der Waals surface area contributed by atoms with Gasteiger partial charge in [-0.25, -0.2) is 0 Å². The summed E-state index contributed by atoms with van der Waals surface area (Å²) >= 11 is 0. The number of aliphatic hydroxyl groups excluding tert-OH is 1. The Morgan fingerprint density at radius 2 is 1.74 bits per heavy atom. The summed E-state index contributed by atoms with van der Waals surface area (Å²) in [5, 5.41) is 11.4. The molecule has 0 saturated heterocycles. The van der Waals surface area contributed by atoms with Crippen molar-refractivity contribution in [2.24, 2.45) is 5.92 Å². The fourth-order valence-electron chi connectivity index (χ4n) is 4.87. The van der Waals surface area contributed by atoms with Crippen molar-refractivity contribution in [3.05, 3.63) is 54.6 Å². The molecule has 5 atom stereocenters. The summed E-state index contributed by atoms with van der Waals surface area (Å²) in [4.78, 5) is 36.8. The highest BCUT2D eigenvalue weighted by atomic mass is 28.4. The average molecular weight is 621 g/mol. The molecule has 11 heteroatoms. The van der Waals surface area contributed by atoms with Gasteiger partial charge in [0.15, 0.2) is 19.9 Å². The number of carbonyl (C=O) groups excluding carboxylic acids is 3. The minimum atomic E-state index is -2.19. The molecule has 3 unspecified atom stereocenters. The maximum absolute atomic E-state index is 13.2. The summed E-state index contributed by atoms with van der Waals surface area (Å²) in [5.41, 5.74) is -1.01. The number of unbranched alkanes of at least 4 members (excludes halogenated alkanes) is 1. The molecule has 1 aromatic rings. The summed E-state index contributed by atoms with van der Waals surface area (Å²) in [6.45, 7) is 12.2. The molecule has 0 heterocycles. The highest BCUT2D eigenvalue weighted by Crippen LogP contribution is 2.40. The monoisotopic (exact) mass is 620 g/mol. The summed E-state index contributed by atoms with van der Waals surface area (Å²) < 4.78 is 34.4. The Labute approximate surface area is 256 Å². The third kappa shape index (κ3) is 12.4. The van der Waals surface area contributed by atoms with Crippen molar-refractivity contribution in [1.82, 2.24) is 0 Å². The SMILES string of the molecule is COC(C)(C)O[C@H](COC(C)=O)[C@H](/C=C/C(O)C1C(=O)C=CC1(CCCCOc1ccccc1)O[Si](C)(C)C)OC(C)=O. The first-order chi connectivity index (χ1) is 20.1. The highest BCUT2D eigenvalue weighted by molar-refractivity contribution is 6.69. The van der Waals surface area contributed by atoms with Crippen LogP contribution in [0.3, 0.4) is 0 Å². The van der Waals surface area contributed by atoms with Crippen molar-refractivity contribution >= 4 is 26.0 Å². The van der Waals surface area contributed by atoms with E-state index in [1.165, 1.54) is 39.2 Å². The second kappa shape index (κ2) is 16.3. The summed E-state index contributed by atoms with van der Waals surface area (Å²) in [6, 6.07) is 9.54. The lowest BCUT2D eigenvalue weighted by Gasteiger charge is -2.40. The van der Waals surface area contributed by atoms with Gasteiger partial charge in [0.2, 0.25) is 0 Å². The molecular weight excluding hydrogens is 572 g/mol. The van der Waals surface area contributed by atoms with E-state index in [-0.39, 0.29) is 12.4 Å². The Kier molecular flexibility index (Phi) is 13.8. The zero-order valence-corrected chi connectivity index (χ0v) is 27.7. The van der Waals surface area contributed by atoms with Crippen LogP contribution in [-0.2, 0) is 37.8 Å². The number of methoxy groups -OCH3 is 1.